The minimum atomic E-state index is -0.510. The fourth-order valence-corrected chi connectivity index (χ4v) is 4.03. The number of hydrogen-bond donors (Lipinski definition) is 1. The van der Waals surface area contributed by atoms with Crippen LogP contribution in [-0.4, -0.2) is 72.0 Å². The van der Waals surface area contributed by atoms with Gasteiger partial charge in [0, 0.05) is 43.5 Å². The van der Waals surface area contributed by atoms with E-state index < -0.39 is 11.4 Å². The van der Waals surface area contributed by atoms with Gasteiger partial charge in [0.2, 0.25) is 5.95 Å². The van der Waals surface area contributed by atoms with E-state index in [0.29, 0.717) is 37.8 Å². The molecule has 1 aromatic heterocycles. The third kappa shape index (κ3) is 6.10. The number of anilines is 2. The number of amides is 1. The Hall–Kier alpha value is -2.94. The van der Waals surface area contributed by atoms with Crippen LogP contribution < -0.4 is 10.2 Å². The van der Waals surface area contributed by atoms with Crippen molar-refractivity contribution >= 4 is 17.7 Å². The summed E-state index contributed by atoms with van der Waals surface area (Å²) in [6.07, 6.45) is 2.40. The predicted molar refractivity (Wildman–Crippen MR) is 125 cm³/mol. The molecule has 1 amide bonds. The van der Waals surface area contributed by atoms with Crippen molar-refractivity contribution < 1.29 is 18.7 Å². The van der Waals surface area contributed by atoms with E-state index in [2.05, 4.69) is 20.2 Å². The molecule has 2 saturated heterocycles. The highest BCUT2D eigenvalue weighted by Crippen LogP contribution is 2.27. The van der Waals surface area contributed by atoms with Gasteiger partial charge >= 0.3 is 6.09 Å². The summed E-state index contributed by atoms with van der Waals surface area (Å²) >= 11 is 0. The number of piperidine rings is 1. The van der Waals surface area contributed by atoms with E-state index in [1.807, 2.05) is 45.0 Å². The van der Waals surface area contributed by atoms with Gasteiger partial charge in [-0.1, -0.05) is 12.1 Å². The van der Waals surface area contributed by atoms with E-state index in [-0.39, 0.29) is 17.8 Å². The van der Waals surface area contributed by atoms with E-state index in [9.17, 15) is 9.18 Å². The Morgan fingerprint density at radius 2 is 1.91 bits per heavy atom. The molecule has 1 aromatic carbocycles. The molecule has 2 fully saturated rings. The molecule has 0 radical (unpaired) electrons. The highest BCUT2D eigenvalue weighted by molar-refractivity contribution is 5.68. The molecule has 2 aliphatic heterocycles. The molecule has 0 unspecified atom stereocenters. The molecule has 0 bridgehead atoms. The SMILES string of the molecule is CC(C)(C)OC(=O)N1CCC(Nc2ncc(F)c(-c3cccc(N4CCOCC4)c3)n2)CC1. The van der Waals surface area contributed by atoms with Crippen molar-refractivity contribution in [1.29, 1.82) is 0 Å². The zero-order chi connectivity index (χ0) is 23.4. The maximum Gasteiger partial charge on any atom is 0.410 e. The number of nitrogens with one attached hydrogen (secondary N) is 1. The lowest BCUT2D eigenvalue weighted by Crippen LogP contribution is -2.44. The zero-order valence-electron chi connectivity index (χ0n) is 19.5. The first-order valence-electron chi connectivity index (χ1n) is 11.5. The molecule has 0 atom stereocenters. The second-order valence-electron chi connectivity index (χ2n) is 9.43. The number of ether oxygens (including phenoxy) is 2. The lowest BCUT2D eigenvalue weighted by Gasteiger charge is -2.33. The van der Waals surface area contributed by atoms with Gasteiger partial charge in [-0.2, -0.15) is 0 Å². The zero-order valence-corrected chi connectivity index (χ0v) is 19.5. The maximum absolute atomic E-state index is 14.6. The number of aromatic nitrogens is 2. The Labute approximate surface area is 194 Å². The summed E-state index contributed by atoms with van der Waals surface area (Å²) in [4.78, 5) is 24.8. The Kier molecular flexibility index (Phi) is 6.97. The fourth-order valence-electron chi connectivity index (χ4n) is 4.03. The van der Waals surface area contributed by atoms with E-state index >= 15 is 0 Å². The average molecular weight is 458 g/mol. The van der Waals surface area contributed by atoms with Crippen molar-refractivity contribution in [2.75, 3.05) is 49.6 Å². The van der Waals surface area contributed by atoms with Gasteiger partial charge in [-0.3, -0.25) is 0 Å². The molecule has 2 aromatic rings. The minimum absolute atomic E-state index is 0.0988. The molecule has 0 saturated carbocycles. The molecule has 178 valence electrons. The summed E-state index contributed by atoms with van der Waals surface area (Å²) in [5, 5.41) is 3.31. The van der Waals surface area contributed by atoms with Crippen molar-refractivity contribution in [3.05, 3.63) is 36.3 Å². The summed E-state index contributed by atoms with van der Waals surface area (Å²) in [5.41, 5.74) is 1.50. The number of nitrogens with zero attached hydrogens (tertiary/aromatic N) is 4. The lowest BCUT2D eigenvalue weighted by molar-refractivity contribution is 0.0210. The van der Waals surface area contributed by atoms with Gasteiger partial charge in [0.15, 0.2) is 5.82 Å². The quantitative estimate of drug-likeness (QED) is 0.745. The first kappa shape index (κ1) is 23.2. The number of likely N-dealkylation sites (tertiary alicyclic amines) is 1. The van der Waals surface area contributed by atoms with Gasteiger partial charge in [-0.25, -0.2) is 19.2 Å². The van der Waals surface area contributed by atoms with Crippen LogP contribution in [0.2, 0.25) is 0 Å². The molecular weight excluding hydrogens is 425 g/mol. The minimum Gasteiger partial charge on any atom is -0.444 e. The smallest absolute Gasteiger partial charge is 0.410 e. The Bertz CT molecular complexity index is 967. The number of carbonyl (C=O) groups is 1. The molecule has 0 aliphatic carbocycles. The maximum atomic E-state index is 14.6. The predicted octanol–water partition coefficient (Wildman–Crippen LogP) is 3.93. The number of benzene rings is 1. The van der Waals surface area contributed by atoms with E-state index in [4.69, 9.17) is 9.47 Å². The van der Waals surface area contributed by atoms with Crippen LogP contribution in [0.4, 0.5) is 20.8 Å². The highest BCUT2D eigenvalue weighted by Gasteiger charge is 2.27. The van der Waals surface area contributed by atoms with Crippen LogP contribution in [0.1, 0.15) is 33.6 Å². The number of rotatable bonds is 4. The summed E-state index contributed by atoms with van der Waals surface area (Å²) in [6, 6.07) is 7.85. The van der Waals surface area contributed by atoms with E-state index in [0.717, 1.165) is 31.6 Å². The van der Waals surface area contributed by atoms with Crippen LogP contribution in [0.25, 0.3) is 11.3 Å². The fraction of sp³-hybridized carbons (Fsp3) is 0.542. The summed E-state index contributed by atoms with van der Waals surface area (Å²) in [6.45, 7) is 9.75. The van der Waals surface area contributed by atoms with Crippen molar-refractivity contribution in [1.82, 2.24) is 14.9 Å². The van der Waals surface area contributed by atoms with Crippen LogP contribution in [0.3, 0.4) is 0 Å². The first-order valence-corrected chi connectivity index (χ1v) is 11.5. The van der Waals surface area contributed by atoms with Crippen molar-refractivity contribution in [3.63, 3.8) is 0 Å². The number of morpholine rings is 1. The third-order valence-electron chi connectivity index (χ3n) is 5.72. The average Bonchev–Trinajstić information content (AvgIpc) is 2.80. The second-order valence-corrected chi connectivity index (χ2v) is 9.43. The number of halogens is 1. The molecular formula is C24H32FN5O3. The van der Waals surface area contributed by atoms with E-state index in [1.165, 1.54) is 6.20 Å². The molecule has 33 heavy (non-hydrogen) atoms. The third-order valence-corrected chi connectivity index (χ3v) is 5.72. The van der Waals surface area contributed by atoms with Crippen molar-refractivity contribution in [2.45, 2.75) is 45.3 Å². The Morgan fingerprint density at radius 1 is 1.18 bits per heavy atom. The summed E-state index contributed by atoms with van der Waals surface area (Å²) < 4.78 is 25.5. The van der Waals surface area contributed by atoms with Gasteiger partial charge in [0.05, 0.1) is 19.4 Å². The molecule has 1 N–H and O–H groups in total. The molecule has 4 rings (SSSR count). The van der Waals surface area contributed by atoms with Crippen LogP contribution >= 0.6 is 0 Å². The Morgan fingerprint density at radius 3 is 2.61 bits per heavy atom. The molecule has 8 nitrogen and oxygen atoms in total. The first-order chi connectivity index (χ1) is 15.8. The van der Waals surface area contributed by atoms with Crippen LogP contribution in [0.15, 0.2) is 30.5 Å². The molecule has 9 heteroatoms. The van der Waals surface area contributed by atoms with Gasteiger partial charge < -0.3 is 24.6 Å². The largest absolute Gasteiger partial charge is 0.444 e. The number of hydrogen-bond acceptors (Lipinski definition) is 7. The van der Waals surface area contributed by atoms with Crippen molar-refractivity contribution in [2.24, 2.45) is 0 Å². The van der Waals surface area contributed by atoms with Crippen molar-refractivity contribution in [3.8, 4) is 11.3 Å². The van der Waals surface area contributed by atoms with Gasteiger partial charge in [-0.15, -0.1) is 0 Å². The summed E-state index contributed by atoms with van der Waals surface area (Å²) in [5.74, 6) is -0.0710. The topological polar surface area (TPSA) is 79.8 Å². The normalized spacial score (nSPS) is 17.7. The molecule has 3 heterocycles. The van der Waals surface area contributed by atoms with Gasteiger partial charge in [-0.05, 0) is 45.7 Å². The molecule has 0 spiro atoms. The van der Waals surface area contributed by atoms with Crippen LogP contribution in [0.5, 0.6) is 0 Å². The highest BCUT2D eigenvalue weighted by atomic mass is 19.1. The Balaban J connectivity index is 1.41. The monoisotopic (exact) mass is 457 g/mol. The van der Waals surface area contributed by atoms with Gasteiger partial charge in [0.25, 0.3) is 0 Å². The van der Waals surface area contributed by atoms with Crippen LogP contribution in [-0.2, 0) is 9.47 Å². The van der Waals surface area contributed by atoms with Gasteiger partial charge in [0.1, 0.15) is 11.3 Å². The lowest BCUT2D eigenvalue weighted by atomic mass is 10.1. The summed E-state index contributed by atoms with van der Waals surface area (Å²) in [7, 11) is 0. The van der Waals surface area contributed by atoms with E-state index in [1.54, 1.807) is 4.90 Å². The molecule has 2 aliphatic rings. The van der Waals surface area contributed by atoms with Crippen LogP contribution in [0, 0.1) is 5.82 Å². The number of carbonyl (C=O) groups excluding carboxylic acids is 1. The standard InChI is InChI=1S/C24H32FN5O3/c1-24(2,3)33-23(31)30-9-7-18(8-10-30)27-22-26-16-20(25)21(28-22)17-5-4-6-19(15-17)29-11-13-32-14-12-29/h4-6,15-16,18H,7-14H2,1-3H3,(H,26,27,28). The second kappa shape index (κ2) is 9.91.